The quantitative estimate of drug-likeness (QED) is 0.219. The molecule has 0 heterocycles. The molecule has 164 valence electrons. The molecule has 4 heteroatoms. The van der Waals surface area contributed by atoms with Crippen LogP contribution in [0.15, 0.2) is 0 Å². The Labute approximate surface area is 170 Å². The number of hydrogen-bond acceptors (Lipinski definition) is 4. The number of esters is 1. The third-order valence-corrected chi connectivity index (χ3v) is 4.36. The van der Waals surface area contributed by atoms with Crippen LogP contribution in [-0.4, -0.2) is 51.3 Å². The lowest BCUT2D eigenvalue weighted by atomic mass is 10.1. The van der Waals surface area contributed by atoms with E-state index in [-0.39, 0.29) is 12.1 Å². The molecule has 0 fully saturated rings. The van der Waals surface area contributed by atoms with Crippen molar-refractivity contribution in [1.29, 1.82) is 0 Å². The van der Waals surface area contributed by atoms with Crippen LogP contribution in [0, 0.1) is 0 Å². The summed E-state index contributed by atoms with van der Waals surface area (Å²) in [5, 5.41) is 0. The molecule has 0 aliphatic carbocycles. The van der Waals surface area contributed by atoms with E-state index in [4.69, 9.17) is 9.47 Å². The second-order valence-corrected chi connectivity index (χ2v) is 7.74. The minimum atomic E-state index is -0.0150. The van der Waals surface area contributed by atoms with Gasteiger partial charge in [-0.2, -0.15) is 0 Å². The summed E-state index contributed by atoms with van der Waals surface area (Å²) in [4.78, 5) is 14.0. The molecule has 0 aromatic rings. The second kappa shape index (κ2) is 23.4. The van der Waals surface area contributed by atoms with Crippen LogP contribution in [0.3, 0.4) is 0 Å². The number of nitrogens with zero attached hydrogens (tertiary/aromatic N) is 1. The summed E-state index contributed by atoms with van der Waals surface area (Å²) in [6, 6.07) is 0. The molecule has 0 aromatic heterocycles. The standard InChI is InChI=1S/C20H41NO3.C3H8/c1-5-19(24-20(22)16-12-13-17-21(2)3)15-11-9-7-6-8-10-14-18-23-4;1-3-2/h19H,5-18H2,1-4H3;3H2,1-2H3. The van der Waals surface area contributed by atoms with Crippen LogP contribution in [0.5, 0.6) is 0 Å². The Morgan fingerprint density at radius 1 is 0.852 bits per heavy atom. The lowest BCUT2D eigenvalue weighted by Gasteiger charge is -2.16. The minimum absolute atomic E-state index is 0.0150. The number of rotatable bonds is 17. The van der Waals surface area contributed by atoms with Gasteiger partial charge in [0.15, 0.2) is 0 Å². The Bertz CT molecular complexity index is 295. The zero-order valence-electron chi connectivity index (χ0n) is 19.4. The molecule has 0 aliphatic heterocycles. The fourth-order valence-corrected chi connectivity index (χ4v) is 2.79. The highest BCUT2D eigenvalue weighted by Gasteiger charge is 2.12. The van der Waals surface area contributed by atoms with E-state index in [9.17, 15) is 4.79 Å². The minimum Gasteiger partial charge on any atom is -0.462 e. The van der Waals surface area contributed by atoms with Crippen molar-refractivity contribution in [3.05, 3.63) is 0 Å². The van der Waals surface area contributed by atoms with E-state index in [0.29, 0.717) is 6.42 Å². The molecule has 0 saturated heterocycles. The highest BCUT2D eigenvalue weighted by Crippen LogP contribution is 2.14. The van der Waals surface area contributed by atoms with Crippen LogP contribution < -0.4 is 0 Å². The zero-order valence-corrected chi connectivity index (χ0v) is 19.4. The first-order valence-corrected chi connectivity index (χ1v) is 11.3. The van der Waals surface area contributed by atoms with Gasteiger partial charge in [-0.3, -0.25) is 4.79 Å². The van der Waals surface area contributed by atoms with Gasteiger partial charge in [-0.25, -0.2) is 0 Å². The predicted octanol–water partition coefficient (Wildman–Crippen LogP) is 6.22. The lowest BCUT2D eigenvalue weighted by molar-refractivity contribution is -0.149. The molecule has 0 aromatic carbocycles. The van der Waals surface area contributed by atoms with E-state index < -0.39 is 0 Å². The van der Waals surface area contributed by atoms with Crippen LogP contribution in [0.2, 0.25) is 0 Å². The Kier molecular flexibility index (Phi) is 24.8. The van der Waals surface area contributed by atoms with Gasteiger partial charge < -0.3 is 14.4 Å². The maximum absolute atomic E-state index is 11.9. The first-order valence-electron chi connectivity index (χ1n) is 11.3. The summed E-state index contributed by atoms with van der Waals surface area (Å²) in [6.07, 6.45) is 14.7. The number of hydrogen-bond donors (Lipinski definition) is 0. The van der Waals surface area contributed by atoms with Gasteiger partial charge in [0.05, 0.1) is 0 Å². The largest absolute Gasteiger partial charge is 0.462 e. The number of carbonyl (C=O) groups is 1. The second-order valence-electron chi connectivity index (χ2n) is 7.74. The zero-order chi connectivity index (χ0) is 20.8. The van der Waals surface area contributed by atoms with Crippen molar-refractivity contribution in [3.63, 3.8) is 0 Å². The van der Waals surface area contributed by atoms with Crippen LogP contribution in [0.25, 0.3) is 0 Å². The van der Waals surface area contributed by atoms with Gasteiger partial charge in [-0.05, 0) is 59.2 Å². The first-order chi connectivity index (χ1) is 13.0. The van der Waals surface area contributed by atoms with Crippen molar-refractivity contribution < 1.29 is 14.3 Å². The van der Waals surface area contributed by atoms with Crippen molar-refractivity contribution >= 4 is 5.97 Å². The molecule has 0 rings (SSSR count). The summed E-state index contributed by atoms with van der Waals surface area (Å²) in [7, 11) is 5.89. The van der Waals surface area contributed by atoms with Gasteiger partial charge in [0.2, 0.25) is 0 Å². The van der Waals surface area contributed by atoms with E-state index in [0.717, 1.165) is 38.8 Å². The summed E-state index contributed by atoms with van der Waals surface area (Å²) in [5.74, 6) is -0.0150. The molecule has 1 atom stereocenters. The fourth-order valence-electron chi connectivity index (χ4n) is 2.79. The van der Waals surface area contributed by atoms with Crippen molar-refractivity contribution in [2.24, 2.45) is 0 Å². The average Bonchev–Trinajstić information content (AvgIpc) is 2.63. The van der Waals surface area contributed by atoms with Gasteiger partial charge in [-0.1, -0.05) is 59.3 Å². The van der Waals surface area contributed by atoms with Crippen molar-refractivity contribution in [2.75, 3.05) is 34.4 Å². The molecule has 27 heavy (non-hydrogen) atoms. The number of ether oxygens (including phenoxy) is 2. The van der Waals surface area contributed by atoms with Gasteiger partial charge in [0, 0.05) is 20.1 Å². The van der Waals surface area contributed by atoms with Crippen LogP contribution in [-0.2, 0) is 14.3 Å². The Balaban J connectivity index is 0. The highest BCUT2D eigenvalue weighted by atomic mass is 16.5. The molecular formula is C23H49NO3. The Hall–Kier alpha value is -0.610. The predicted molar refractivity (Wildman–Crippen MR) is 117 cm³/mol. The smallest absolute Gasteiger partial charge is 0.306 e. The number of methoxy groups -OCH3 is 1. The average molecular weight is 388 g/mol. The summed E-state index contributed by atoms with van der Waals surface area (Å²) in [6.45, 7) is 8.29. The third-order valence-electron chi connectivity index (χ3n) is 4.36. The van der Waals surface area contributed by atoms with E-state index in [2.05, 4.69) is 39.8 Å². The SMILES string of the molecule is CCC.CCC(CCCCCCCCCOC)OC(=O)CCCCN(C)C. The molecule has 0 amide bonds. The third kappa shape index (κ3) is 25.4. The van der Waals surface area contributed by atoms with Gasteiger partial charge in [-0.15, -0.1) is 0 Å². The maximum Gasteiger partial charge on any atom is 0.306 e. The molecular weight excluding hydrogens is 338 g/mol. The molecule has 0 saturated carbocycles. The molecule has 0 spiro atoms. The van der Waals surface area contributed by atoms with E-state index >= 15 is 0 Å². The summed E-state index contributed by atoms with van der Waals surface area (Å²) >= 11 is 0. The number of unbranched alkanes of at least 4 members (excludes halogenated alkanes) is 7. The molecule has 0 bridgehead atoms. The maximum atomic E-state index is 11.9. The van der Waals surface area contributed by atoms with Crippen molar-refractivity contribution in [2.45, 2.75) is 110 Å². The van der Waals surface area contributed by atoms with Gasteiger partial charge in [0.1, 0.15) is 6.10 Å². The van der Waals surface area contributed by atoms with Crippen molar-refractivity contribution in [1.82, 2.24) is 4.90 Å². The van der Waals surface area contributed by atoms with E-state index in [1.54, 1.807) is 7.11 Å². The number of carbonyl (C=O) groups excluding carboxylic acids is 1. The lowest BCUT2D eigenvalue weighted by Crippen LogP contribution is -2.18. The molecule has 1 unspecified atom stereocenters. The van der Waals surface area contributed by atoms with E-state index in [1.807, 2.05) is 0 Å². The van der Waals surface area contributed by atoms with Crippen LogP contribution in [0.1, 0.15) is 104 Å². The van der Waals surface area contributed by atoms with Gasteiger partial charge >= 0.3 is 5.97 Å². The summed E-state index contributed by atoms with van der Waals surface area (Å²) < 4.78 is 10.7. The molecule has 0 radical (unpaired) electrons. The van der Waals surface area contributed by atoms with Gasteiger partial charge in [0.25, 0.3) is 0 Å². The molecule has 0 aliphatic rings. The first kappa shape index (κ1) is 28.6. The van der Waals surface area contributed by atoms with Crippen molar-refractivity contribution in [3.8, 4) is 0 Å². The highest BCUT2D eigenvalue weighted by molar-refractivity contribution is 5.69. The normalized spacial score (nSPS) is 11.8. The molecule has 0 N–H and O–H groups in total. The molecule has 4 nitrogen and oxygen atoms in total. The van der Waals surface area contributed by atoms with Crippen LogP contribution >= 0.6 is 0 Å². The Morgan fingerprint density at radius 3 is 1.93 bits per heavy atom. The van der Waals surface area contributed by atoms with E-state index in [1.165, 1.54) is 51.4 Å². The topological polar surface area (TPSA) is 38.8 Å². The van der Waals surface area contributed by atoms with Crippen LogP contribution in [0.4, 0.5) is 0 Å². The monoisotopic (exact) mass is 387 g/mol. The Morgan fingerprint density at radius 2 is 1.41 bits per heavy atom. The summed E-state index contributed by atoms with van der Waals surface area (Å²) in [5.41, 5.74) is 0. The fraction of sp³-hybridized carbons (Fsp3) is 0.957.